The van der Waals surface area contributed by atoms with E-state index in [4.69, 9.17) is 4.74 Å². The summed E-state index contributed by atoms with van der Waals surface area (Å²) in [7, 11) is 0. The summed E-state index contributed by atoms with van der Waals surface area (Å²) in [4.78, 5) is 13.9. The van der Waals surface area contributed by atoms with Gasteiger partial charge in [-0.15, -0.1) is 0 Å². The summed E-state index contributed by atoms with van der Waals surface area (Å²) >= 11 is 0. The number of esters is 1. The average molecular weight is 237 g/mol. The molecule has 2 heterocycles. The van der Waals surface area contributed by atoms with Gasteiger partial charge in [0.05, 0.1) is 6.61 Å². The number of ether oxygens (including phenoxy) is 1. The minimum atomic E-state index is 0.0181. The van der Waals surface area contributed by atoms with Crippen molar-refractivity contribution in [2.24, 2.45) is 5.41 Å². The number of piperidine rings is 1. The van der Waals surface area contributed by atoms with Crippen LogP contribution in [-0.4, -0.2) is 36.6 Å². The molecule has 0 aromatic rings. The van der Waals surface area contributed by atoms with Crippen LogP contribution in [0.25, 0.3) is 0 Å². The van der Waals surface area contributed by atoms with Gasteiger partial charge in [-0.25, -0.2) is 0 Å². The number of cyclic esters (lactones) is 1. The fraction of sp³-hybridized carbons (Fsp3) is 0.929. The van der Waals surface area contributed by atoms with E-state index in [1.54, 1.807) is 0 Å². The Morgan fingerprint density at radius 3 is 2.35 bits per heavy atom. The van der Waals surface area contributed by atoms with E-state index in [9.17, 15) is 4.79 Å². The molecule has 0 aromatic carbocycles. The molecule has 0 bridgehead atoms. The summed E-state index contributed by atoms with van der Waals surface area (Å²) in [5.41, 5.74) is 0.636. The molecular formula is C14H23NO2. The topological polar surface area (TPSA) is 29.5 Å². The highest BCUT2D eigenvalue weighted by molar-refractivity contribution is 5.77. The molecule has 0 unspecified atom stereocenters. The van der Waals surface area contributed by atoms with Crippen molar-refractivity contribution >= 4 is 5.97 Å². The molecule has 3 heteroatoms. The minimum absolute atomic E-state index is 0.0181. The molecule has 3 aliphatic rings. The van der Waals surface area contributed by atoms with Crippen molar-refractivity contribution in [3.63, 3.8) is 0 Å². The average Bonchev–Trinajstić information content (AvgIpc) is 2.78. The first-order valence-corrected chi connectivity index (χ1v) is 7.20. The van der Waals surface area contributed by atoms with E-state index in [1.807, 2.05) is 0 Å². The van der Waals surface area contributed by atoms with Gasteiger partial charge in [-0.1, -0.05) is 19.3 Å². The van der Waals surface area contributed by atoms with Gasteiger partial charge in [0.25, 0.3) is 0 Å². The van der Waals surface area contributed by atoms with Gasteiger partial charge in [-0.05, 0) is 44.2 Å². The van der Waals surface area contributed by atoms with Gasteiger partial charge < -0.3 is 4.74 Å². The van der Waals surface area contributed by atoms with Crippen LogP contribution in [0, 0.1) is 5.41 Å². The maximum atomic E-state index is 11.6. The van der Waals surface area contributed by atoms with Gasteiger partial charge in [-0.2, -0.15) is 0 Å². The maximum Gasteiger partial charge on any atom is 0.323 e. The molecule has 3 nitrogen and oxygen atoms in total. The first-order chi connectivity index (χ1) is 8.29. The highest BCUT2D eigenvalue weighted by atomic mass is 16.5. The van der Waals surface area contributed by atoms with Gasteiger partial charge in [0.2, 0.25) is 0 Å². The molecule has 0 aromatic heterocycles. The normalized spacial score (nSPS) is 33.9. The van der Waals surface area contributed by atoms with Crippen molar-refractivity contribution in [1.29, 1.82) is 0 Å². The Morgan fingerprint density at radius 2 is 1.76 bits per heavy atom. The first kappa shape index (κ1) is 11.5. The largest absolute Gasteiger partial charge is 0.464 e. The quantitative estimate of drug-likeness (QED) is 0.656. The van der Waals surface area contributed by atoms with Gasteiger partial charge >= 0.3 is 5.97 Å². The molecule has 0 amide bonds. The van der Waals surface area contributed by atoms with Crippen molar-refractivity contribution < 1.29 is 9.53 Å². The second-order valence-electron chi connectivity index (χ2n) is 6.07. The Balaban J connectivity index is 1.58. The summed E-state index contributed by atoms with van der Waals surface area (Å²) in [6.45, 7) is 2.85. The summed E-state index contributed by atoms with van der Waals surface area (Å²) in [5.74, 6) is 0.0181. The molecule has 96 valence electrons. The maximum absolute atomic E-state index is 11.6. The lowest BCUT2D eigenvalue weighted by Crippen LogP contribution is -2.47. The molecule has 17 heavy (non-hydrogen) atoms. The van der Waals surface area contributed by atoms with Crippen LogP contribution in [0.4, 0.5) is 0 Å². The van der Waals surface area contributed by atoms with E-state index < -0.39 is 0 Å². The summed E-state index contributed by atoms with van der Waals surface area (Å²) in [6, 6.07) is 0.0796. The predicted molar refractivity (Wildman–Crippen MR) is 65.7 cm³/mol. The fourth-order valence-electron chi connectivity index (χ4n) is 3.93. The van der Waals surface area contributed by atoms with Gasteiger partial charge in [-0.3, -0.25) is 9.69 Å². The lowest BCUT2D eigenvalue weighted by molar-refractivity contribution is -0.143. The Labute approximate surface area is 104 Å². The second kappa shape index (κ2) is 4.60. The molecule has 0 radical (unpaired) electrons. The Kier molecular flexibility index (Phi) is 3.12. The molecule has 0 N–H and O–H groups in total. The van der Waals surface area contributed by atoms with Crippen LogP contribution >= 0.6 is 0 Å². The Morgan fingerprint density at radius 1 is 1.06 bits per heavy atom. The van der Waals surface area contributed by atoms with Crippen LogP contribution in [0.2, 0.25) is 0 Å². The van der Waals surface area contributed by atoms with Crippen LogP contribution in [0.5, 0.6) is 0 Å². The lowest BCUT2D eigenvalue weighted by atomic mass is 9.68. The zero-order chi connectivity index (χ0) is 11.7. The van der Waals surface area contributed by atoms with Gasteiger partial charge in [0.15, 0.2) is 0 Å². The lowest BCUT2D eigenvalue weighted by Gasteiger charge is -2.45. The molecule has 1 atom stereocenters. The molecule has 2 aliphatic heterocycles. The highest BCUT2D eigenvalue weighted by Crippen LogP contribution is 2.45. The van der Waals surface area contributed by atoms with Crippen molar-refractivity contribution in [2.45, 2.75) is 57.4 Å². The van der Waals surface area contributed by atoms with Crippen LogP contribution < -0.4 is 0 Å². The third-order valence-corrected chi connectivity index (χ3v) is 5.12. The summed E-state index contributed by atoms with van der Waals surface area (Å²) < 4.78 is 5.08. The zero-order valence-electron chi connectivity index (χ0n) is 10.6. The monoisotopic (exact) mass is 237 g/mol. The minimum Gasteiger partial charge on any atom is -0.464 e. The first-order valence-electron chi connectivity index (χ1n) is 7.20. The number of carbonyl (C=O) groups is 1. The van der Waals surface area contributed by atoms with Gasteiger partial charge in [0.1, 0.15) is 6.04 Å². The van der Waals surface area contributed by atoms with Crippen LogP contribution in [0.1, 0.15) is 51.4 Å². The van der Waals surface area contributed by atoms with Crippen LogP contribution in [0.3, 0.4) is 0 Å². The number of nitrogens with zero attached hydrogens (tertiary/aromatic N) is 1. The van der Waals surface area contributed by atoms with Crippen LogP contribution in [-0.2, 0) is 9.53 Å². The number of hydrogen-bond donors (Lipinski definition) is 0. The molecule has 1 saturated carbocycles. The van der Waals surface area contributed by atoms with E-state index in [0.717, 1.165) is 19.5 Å². The summed E-state index contributed by atoms with van der Waals surface area (Å²) in [6.07, 6.45) is 10.6. The number of rotatable bonds is 1. The van der Waals surface area contributed by atoms with Crippen molar-refractivity contribution in [3.8, 4) is 0 Å². The highest BCUT2D eigenvalue weighted by Gasteiger charge is 2.40. The zero-order valence-corrected chi connectivity index (χ0v) is 10.6. The van der Waals surface area contributed by atoms with E-state index in [1.165, 1.54) is 44.9 Å². The number of likely N-dealkylation sites (tertiary alicyclic amines) is 1. The smallest absolute Gasteiger partial charge is 0.323 e. The van der Waals surface area contributed by atoms with E-state index >= 15 is 0 Å². The van der Waals surface area contributed by atoms with E-state index in [2.05, 4.69) is 4.90 Å². The van der Waals surface area contributed by atoms with Gasteiger partial charge in [0, 0.05) is 6.42 Å². The van der Waals surface area contributed by atoms with E-state index in [0.29, 0.717) is 12.0 Å². The SMILES string of the molecule is O=C1OCC[C@@H]1N1CCC2(CCCCC2)CC1. The van der Waals surface area contributed by atoms with E-state index in [-0.39, 0.29) is 12.0 Å². The molecular weight excluding hydrogens is 214 g/mol. The molecule has 2 saturated heterocycles. The van der Waals surface area contributed by atoms with Crippen molar-refractivity contribution in [3.05, 3.63) is 0 Å². The third-order valence-electron chi connectivity index (χ3n) is 5.12. The third kappa shape index (κ3) is 2.22. The Hall–Kier alpha value is -0.570. The number of hydrogen-bond acceptors (Lipinski definition) is 3. The van der Waals surface area contributed by atoms with Crippen LogP contribution in [0.15, 0.2) is 0 Å². The summed E-state index contributed by atoms with van der Waals surface area (Å²) in [5, 5.41) is 0. The fourth-order valence-corrected chi connectivity index (χ4v) is 3.93. The predicted octanol–water partition coefficient (Wildman–Crippen LogP) is 2.35. The molecule has 3 fully saturated rings. The van der Waals surface area contributed by atoms with Crippen molar-refractivity contribution in [2.75, 3.05) is 19.7 Å². The molecule has 1 aliphatic carbocycles. The molecule has 3 rings (SSSR count). The standard InChI is InChI=1S/C14H23NO2/c16-13-12(4-11-17-13)15-9-7-14(8-10-15)5-2-1-3-6-14/h12H,1-11H2/t12-/m0/s1. The molecule has 1 spiro atoms. The van der Waals surface area contributed by atoms with Crippen molar-refractivity contribution in [1.82, 2.24) is 4.90 Å². The number of carbonyl (C=O) groups excluding carboxylic acids is 1. The Bertz CT molecular complexity index is 287. The second-order valence-corrected chi connectivity index (χ2v) is 6.07.